The van der Waals surface area contributed by atoms with E-state index < -0.39 is 0 Å². The van der Waals surface area contributed by atoms with Crippen LogP contribution in [0.5, 0.6) is 0 Å². The number of rotatable bonds is 8. The van der Waals surface area contributed by atoms with Gasteiger partial charge >= 0.3 is 0 Å². The Labute approximate surface area is 190 Å². The van der Waals surface area contributed by atoms with E-state index in [4.69, 9.17) is 4.99 Å². The summed E-state index contributed by atoms with van der Waals surface area (Å²) in [6, 6.07) is 8.61. The number of aromatic nitrogens is 3. The number of hydrogen-bond acceptors (Lipinski definition) is 4. The summed E-state index contributed by atoms with van der Waals surface area (Å²) in [4.78, 5) is 21.3. The molecule has 2 aliphatic rings. The maximum Gasteiger partial charge on any atom is 0.222 e. The number of benzene rings is 1. The van der Waals surface area contributed by atoms with Crippen molar-refractivity contribution in [2.75, 3.05) is 31.1 Å². The van der Waals surface area contributed by atoms with Gasteiger partial charge in [0.2, 0.25) is 5.91 Å². The summed E-state index contributed by atoms with van der Waals surface area (Å²) < 4.78 is 1.99. The number of aryl methyl sites for hydroxylation is 1. The number of unbranched alkanes of at least 4 members (excludes halogenated alkanes) is 1. The van der Waals surface area contributed by atoms with Crippen molar-refractivity contribution >= 4 is 17.6 Å². The number of anilines is 1. The molecule has 32 heavy (non-hydrogen) atoms. The molecular weight excluding hydrogens is 402 g/mol. The van der Waals surface area contributed by atoms with E-state index in [2.05, 4.69) is 51.6 Å². The number of fused-ring (bicyclic) bond motifs is 1. The van der Waals surface area contributed by atoms with Crippen LogP contribution in [0.1, 0.15) is 62.2 Å². The summed E-state index contributed by atoms with van der Waals surface area (Å²) in [7, 11) is 1.98. The van der Waals surface area contributed by atoms with Gasteiger partial charge in [-0.1, -0.05) is 31.5 Å². The Balaban J connectivity index is 1.53. The van der Waals surface area contributed by atoms with Gasteiger partial charge in [0, 0.05) is 51.3 Å². The highest BCUT2D eigenvalue weighted by Gasteiger charge is 2.32. The summed E-state index contributed by atoms with van der Waals surface area (Å²) in [5.74, 6) is 3.32. The fourth-order valence-electron chi connectivity index (χ4n) is 4.54. The van der Waals surface area contributed by atoms with Gasteiger partial charge in [-0.05, 0) is 37.8 Å². The van der Waals surface area contributed by atoms with Crippen LogP contribution in [0.3, 0.4) is 0 Å². The molecule has 4 rings (SSSR count). The Kier molecular flexibility index (Phi) is 7.07. The molecule has 8 nitrogen and oxygen atoms in total. The molecule has 1 unspecified atom stereocenters. The number of carbonyl (C=O) groups excluding carboxylic acids is 1. The van der Waals surface area contributed by atoms with Crippen molar-refractivity contribution in [3.05, 3.63) is 41.5 Å². The molecule has 0 aliphatic carbocycles. The number of amides is 1. The average molecular weight is 438 g/mol. The van der Waals surface area contributed by atoms with E-state index in [0.29, 0.717) is 24.8 Å². The Bertz CT molecular complexity index is 967. The number of nitrogens with one attached hydrogen (secondary N) is 1. The Hall–Kier alpha value is -2.90. The van der Waals surface area contributed by atoms with Gasteiger partial charge in [-0.2, -0.15) is 0 Å². The van der Waals surface area contributed by atoms with E-state index in [9.17, 15) is 4.79 Å². The molecule has 0 bridgehead atoms. The second kappa shape index (κ2) is 10.1. The summed E-state index contributed by atoms with van der Waals surface area (Å²) >= 11 is 0. The molecule has 1 N–H and O–H groups in total. The van der Waals surface area contributed by atoms with Gasteiger partial charge in [0.15, 0.2) is 11.8 Å². The monoisotopic (exact) mass is 437 g/mol. The predicted molar refractivity (Wildman–Crippen MR) is 127 cm³/mol. The second-order valence-electron chi connectivity index (χ2n) is 8.78. The van der Waals surface area contributed by atoms with Gasteiger partial charge in [-0.3, -0.25) is 4.79 Å². The third kappa shape index (κ3) is 4.79. The lowest BCUT2D eigenvalue weighted by Gasteiger charge is -2.24. The average Bonchev–Trinajstić information content (AvgIpc) is 3.47. The van der Waals surface area contributed by atoms with Crippen LogP contribution in [-0.2, 0) is 18.4 Å². The van der Waals surface area contributed by atoms with Crippen LogP contribution in [0.4, 0.5) is 5.69 Å². The highest BCUT2D eigenvalue weighted by Crippen LogP contribution is 2.38. The maximum absolute atomic E-state index is 12.1. The normalized spacial score (nSPS) is 18.5. The SMILES string of the molecule is CCCCNC(=NCc1nnc(C)n1C)N1CC(CCN2CCCC2=O)c2ccccc21. The first-order valence-electron chi connectivity index (χ1n) is 11.9. The van der Waals surface area contributed by atoms with Crippen LogP contribution < -0.4 is 10.2 Å². The standard InChI is InChI=1S/C24H35N7O/c1-4-5-13-25-24(26-16-22-28-27-18(2)29(22)3)31-17-19(20-9-6-7-10-21(20)31)12-15-30-14-8-11-23(30)32/h6-7,9-10,19H,4-5,8,11-17H2,1-3H3,(H,25,26). The number of nitrogens with zero attached hydrogens (tertiary/aromatic N) is 6. The van der Waals surface area contributed by atoms with Crippen molar-refractivity contribution in [2.24, 2.45) is 12.0 Å². The Morgan fingerprint density at radius 1 is 1.28 bits per heavy atom. The van der Waals surface area contributed by atoms with Gasteiger partial charge in [-0.25, -0.2) is 4.99 Å². The molecule has 0 saturated carbocycles. The van der Waals surface area contributed by atoms with Crippen molar-refractivity contribution in [1.82, 2.24) is 25.0 Å². The first-order chi connectivity index (χ1) is 15.6. The fraction of sp³-hybridized carbons (Fsp3) is 0.583. The summed E-state index contributed by atoms with van der Waals surface area (Å²) in [5.41, 5.74) is 2.56. The molecule has 3 heterocycles. The Morgan fingerprint density at radius 3 is 2.84 bits per heavy atom. The molecule has 0 spiro atoms. The predicted octanol–water partition coefficient (Wildman–Crippen LogP) is 2.99. The number of para-hydroxylation sites is 1. The van der Waals surface area contributed by atoms with E-state index in [1.54, 1.807) is 0 Å². The topological polar surface area (TPSA) is 78.7 Å². The van der Waals surface area contributed by atoms with Crippen molar-refractivity contribution in [3.8, 4) is 0 Å². The lowest BCUT2D eigenvalue weighted by atomic mass is 9.98. The highest BCUT2D eigenvalue weighted by atomic mass is 16.2. The minimum atomic E-state index is 0.301. The van der Waals surface area contributed by atoms with Gasteiger partial charge in [0.1, 0.15) is 12.4 Å². The van der Waals surface area contributed by atoms with E-state index >= 15 is 0 Å². The van der Waals surface area contributed by atoms with E-state index in [1.165, 1.54) is 11.3 Å². The number of aliphatic imine (C=N–C) groups is 1. The second-order valence-corrected chi connectivity index (χ2v) is 8.78. The molecule has 0 radical (unpaired) electrons. The largest absolute Gasteiger partial charge is 0.356 e. The molecular formula is C24H35N7O. The summed E-state index contributed by atoms with van der Waals surface area (Å²) in [6.45, 7) is 8.13. The van der Waals surface area contributed by atoms with Crippen LogP contribution in [0.25, 0.3) is 0 Å². The molecule has 1 saturated heterocycles. The third-order valence-corrected chi connectivity index (χ3v) is 6.61. The molecule has 2 aliphatic heterocycles. The first-order valence-corrected chi connectivity index (χ1v) is 11.9. The van der Waals surface area contributed by atoms with Crippen molar-refractivity contribution < 1.29 is 4.79 Å². The first kappa shape index (κ1) is 22.3. The lowest BCUT2D eigenvalue weighted by Crippen LogP contribution is -2.41. The minimum Gasteiger partial charge on any atom is -0.356 e. The van der Waals surface area contributed by atoms with Gasteiger partial charge in [0.25, 0.3) is 0 Å². The number of carbonyl (C=O) groups is 1. The van der Waals surface area contributed by atoms with Gasteiger partial charge in [0.05, 0.1) is 0 Å². The van der Waals surface area contributed by atoms with Gasteiger partial charge in [-0.15, -0.1) is 10.2 Å². The minimum absolute atomic E-state index is 0.301. The maximum atomic E-state index is 12.1. The third-order valence-electron chi connectivity index (χ3n) is 6.61. The molecule has 1 aromatic heterocycles. The molecule has 2 aromatic rings. The van der Waals surface area contributed by atoms with Crippen molar-refractivity contribution in [1.29, 1.82) is 0 Å². The van der Waals surface area contributed by atoms with Gasteiger partial charge < -0.3 is 19.7 Å². The van der Waals surface area contributed by atoms with Crippen LogP contribution in [-0.4, -0.2) is 57.7 Å². The van der Waals surface area contributed by atoms with E-state index in [0.717, 1.165) is 69.5 Å². The van der Waals surface area contributed by atoms with Crippen LogP contribution in [0.15, 0.2) is 29.3 Å². The summed E-state index contributed by atoms with van der Waals surface area (Å²) in [6.07, 6.45) is 4.90. The molecule has 172 valence electrons. The quantitative estimate of drug-likeness (QED) is 0.390. The van der Waals surface area contributed by atoms with Crippen LogP contribution in [0, 0.1) is 6.92 Å². The molecule has 1 amide bonds. The zero-order valence-corrected chi connectivity index (χ0v) is 19.5. The number of guanidine groups is 1. The van der Waals surface area contributed by atoms with Crippen LogP contribution in [0.2, 0.25) is 0 Å². The number of likely N-dealkylation sites (tertiary alicyclic amines) is 1. The molecule has 1 atom stereocenters. The number of hydrogen-bond donors (Lipinski definition) is 1. The molecule has 8 heteroatoms. The summed E-state index contributed by atoms with van der Waals surface area (Å²) in [5, 5.41) is 12.0. The lowest BCUT2D eigenvalue weighted by molar-refractivity contribution is -0.127. The molecule has 1 fully saturated rings. The zero-order chi connectivity index (χ0) is 22.5. The van der Waals surface area contributed by atoms with Crippen molar-refractivity contribution in [2.45, 2.75) is 58.4 Å². The smallest absolute Gasteiger partial charge is 0.222 e. The fourth-order valence-corrected chi connectivity index (χ4v) is 4.54. The van der Waals surface area contributed by atoms with Crippen LogP contribution >= 0.6 is 0 Å². The van der Waals surface area contributed by atoms with E-state index in [-0.39, 0.29) is 0 Å². The highest BCUT2D eigenvalue weighted by molar-refractivity contribution is 5.98. The van der Waals surface area contributed by atoms with Crippen molar-refractivity contribution in [3.63, 3.8) is 0 Å². The Morgan fingerprint density at radius 2 is 2.12 bits per heavy atom. The van der Waals surface area contributed by atoms with E-state index in [1.807, 2.05) is 23.4 Å². The zero-order valence-electron chi connectivity index (χ0n) is 19.5. The molecule has 1 aromatic carbocycles.